The zero-order valence-electron chi connectivity index (χ0n) is 20.6. The van der Waals surface area contributed by atoms with Gasteiger partial charge in [0.25, 0.3) is 0 Å². The minimum Gasteiger partial charge on any atom is -0.454 e. The smallest absolute Gasteiger partial charge is 0.454 e. The molecule has 7 nitrogen and oxygen atoms in total. The third kappa shape index (κ3) is 6.84. The average Bonchev–Trinajstić information content (AvgIpc) is 3.07. The second-order valence-corrected chi connectivity index (χ2v) is 8.90. The molecule has 0 saturated heterocycles. The molecule has 0 bridgehead atoms. The molecule has 0 spiro atoms. The van der Waals surface area contributed by atoms with Crippen molar-refractivity contribution >= 4 is 35.3 Å². The molecule has 0 fully saturated rings. The molecule has 2 rings (SSSR count). The van der Waals surface area contributed by atoms with Crippen molar-refractivity contribution in [3.05, 3.63) is 52.3 Å². The summed E-state index contributed by atoms with van der Waals surface area (Å²) in [5.41, 5.74) is 5.62. The third-order valence-electron chi connectivity index (χ3n) is 5.18. The van der Waals surface area contributed by atoms with Crippen molar-refractivity contribution in [1.82, 2.24) is 9.78 Å². The first-order chi connectivity index (χ1) is 15.6. The van der Waals surface area contributed by atoms with E-state index in [-0.39, 0.29) is 24.7 Å². The normalized spacial score (nSPS) is 12.6. The molecule has 180 valence electrons. The predicted octanol–water partition coefficient (Wildman–Crippen LogP) is 5.75. The molecule has 2 aromatic rings. The third-order valence-corrected chi connectivity index (χ3v) is 5.34. The highest BCUT2D eigenvalue weighted by Crippen LogP contribution is 2.31. The molecule has 0 aliphatic heterocycles. The molecule has 0 N–H and O–H groups in total. The Morgan fingerprint density at radius 1 is 1.15 bits per heavy atom. The Labute approximate surface area is 201 Å². The van der Waals surface area contributed by atoms with Crippen LogP contribution in [0.15, 0.2) is 29.3 Å². The van der Waals surface area contributed by atoms with Crippen LogP contribution in [0.1, 0.15) is 55.8 Å². The van der Waals surface area contributed by atoms with Gasteiger partial charge in [-0.25, -0.2) is 4.79 Å². The van der Waals surface area contributed by atoms with Gasteiger partial charge in [0.15, 0.2) is 5.76 Å². The number of nitrogens with zero attached hydrogens (tertiary/aromatic N) is 3. The van der Waals surface area contributed by atoms with Gasteiger partial charge in [0.05, 0.1) is 11.6 Å². The van der Waals surface area contributed by atoms with Crippen LogP contribution < -0.4 is 0 Å². The SMILES string of the molecule is CCn1nc(C)c(C)c1/C(OCOC(=O)OCCCl)=C(\C=NC)c1ccc(C(C)(C)C)cc1. The number of carbonyl (C=O) groups is 1. The van der Waals surface area contributed by atoms with E-state index in [1.165, 1.54) is 5.56 Å². The Morgan fingerprint density at radius 2 is 1.82 bits per heavy atom. The molecule has 1 aromatic heterocycles. The van der Waals surface area contributed by atoms with Crippen LogP contribution in [0.2, 0.25) is 0 Å². The highest BCUT2D eigenvalue weighted by atomic mass is 35.5. The topological polar surface area (TPSA) is 74.9 Å². The summed E-state index contributed by atoms with van der Waals surface area (Å²) in [6, 6.07) is 8.30. The lowest BCUT2D eigenvalue weighted by molar-refractivity contribution is -0.00344. The van der Waals surface area contributed by atoms with Crippen LogP contribution in [0.3, 0.4) is 0 Å². The lowest BCUT2D eigenvalue weighted by atomic mass is 9.86. The Hall–Kier alpha value is -2.80. The van der Waals surface area contributed by atoms with Crippen molar-refractivity contribution in [2.24, 2.45) is 4.99 Å². The Balaban J connectivity index is 2.57. The van der Waals surface area contributed by atoms with Crippen molar-refractivity contribution in [2.75, 3.05) is 26.3 Å². The highest BCUT2D eigenvalue weighted by molar-refractivity contribution is 6.18. The first-order valence-electron chi connectivity index (χ1n) is 10.9. The number of aromatic nitrogens is 2. The maximum Gasteiger partial charge on any atom is 0.511 e. The minimum atomic E-state index is -0.841. The fourth-order valence-electron chi connectivity index (χ4n) is 3.30. The van der Waals surface area contributed by atoms with Crippen LogP contribution in [0.4, 0.5) is 4.79 Å². The molecule has 0 aliphatic rings. The first-order valence-corrected chi connectivity index (χ1v) is 11.5. The molecule has 8 heteroatoms. The van der Waals surface area contributed by atoms with Crippen molar-refractivity contribution in [3.63, 3.8) is 0 Å². The maximum atomic E-state index is 11.8. The van der Waals surface area contributed by atoms with E-state index in [2.05, 4.69) is 43.0 Å². The molecule has 0 aliphatic carbocycles. The van der Waals surface area contributed by atoms with Crippen LogP contribution >= 0.6 is 11.6 Å². The maximum absolute atomic E-state index is 11.8. The number of halogens is 1. The Bertz CT molecular complexity index is 1000. The van der Waals surface area contributed by atoms with E-state index in [9.17, 15) is 4.79 Å². The number of aliphatic imine (C=N–C) groups is 1. The zero-order chi connectivity index (χ0) is 24.6. The number of carbonyl (C=O) groups excluding carboxylic acids is 1. The summed E-state index contributed by atoms with van der Waals surface area (Å²) < 4.78 is 17.9. The quantitative estimate of drug-likeness (QED) is 0.152. The predicted molar refractivity (Wildman–Crippen MR) is 133 cm³/mol. The van der Waals surface area contributed by atoms with E-state index in [4.69, 9.17) is 25.8 Å². The average molecular weight is 476 g/mol. The summed E-state index contributed by atoms with van der Waals surface area (Å²) >= 11 is 5.55. The molecule has 1 heterocycles. The number of ether oxygens (including phenoxy) is 3. The van der Waals surface area contributed by atoms with Crippen molar-refractivity contribution < 1.29 is 19.0 Å². The van der Waals surface area contributed by atoms with E-state index < -0.39 is 6.16 Å². The fourth-order valence-corrected chi connectivity index (χ4v) is 3.38. The minimum absolute atomic E-state index is 0.0341. The molecule has 0 unspecified atom stereocenters. The van der Waals surface area contributed by atoms with Crippen LogP contribution in [-0.4, -0.2) is 48.5 Å². The summed E-state index contributed by atoms with van der Waals surface area (Å²) in [4.78, 5) is 16.0. The van der Waals surface area contributed by atoms with Gasteiger partial charge < -0.3 is 14.2 Å². The molecular formula is C25H34ClN3O4. The standard InChI is InChI=1S/C25H34ClN3O4/c1-8-29-22(17(2)18(3)28-29)23(32-16-33-24(30)31-14-13-26)21(15-27-7)19-9-11-20(12-10-19)25(4,5)6/h9-12,15H,8,13-14,16H2,1-7H3/b23-21-,27-15?. The Morgan fingerprint density at radius 3 is 2.36 bits per heavy atom. The second-order valence-electron chi connectivity index (χ2n) is 8.53. The van der Waals surface area contributed by atoms with Gasteiger partial charge in [-0.3, -0.25) is 9.67 Å². The van der Waals surface area contributed by atoms with Gasteiger partial charge in [0.1, 0.15) is 12.3 Å². The lowest BCUT2D eigenvalue weighted by Gasteiger charge is -2.20. The monoisotopic (exact) mass is 475 g/mol. The van der Waals surface area contributed by atoms with Crippen LogP contribution in [0.25, 0.3) is 11.3 Å². The first kappa shape index (κ1) is 26.5. The number of aryl methyl sites for hydroxylation is 2. The number of alkyl halides is 1. The van der Waals surface area contributed by atoms with Crippen LogP contribution in [-0.2, 0) is 26.2 Å². The molecule has 0 atom stereocenters. The molecule has 1 aromatic carbocycles. The van der Waals surface area contributed by atoms with Crippen molar-refractivity contribution in [1.29, 1.82) is 0 Å². The van der Waals surface area contributed by atoms with Gasteiger partial charge in [-0.2, -0.15) is 5.10 Å². The van der Waals surface area contributed by atoms with E-state index >= 15 is 0 Å². The summed E-state index contributed by atoms with van der Waals surface area (Å²) in [6.45, 7) is 12.9. The van der Waals surface area contributed by atoms with E-state index in [0.29, 0.717) is 12.3 Å². The summed E-state index contributed by atoms with van der Waals surface area (Å²) in [6.07, 6.45) is 0.904. The number of rotatable bonds is 9. The fraction of sp³-hybridized carbons (Fsp3) is 0.480. The van der Waals surface area contributed by atoms with Crippen molar-refractivity contribution in [2.45, 2.75) is 53.5 Å². The highest BCUT2D eigenvalue weighted by Gasteiger charge is 2.22. The summed E-state index contributed by atoms with van der Waals surface area (Å²) in [7, 11) is 1.70. The van der Waals surface area contributed by atoms with Crippen LogP contribution in [0.5, 0.6) is 0 Å². The molecular weight excluding hydrogens is 442 g/mol. The van der Waals surface area contributed by atoms with Gasteiger partial charge in [-0.15, -0.1) is 11.6 Å². The van der Waals surface area contributed by atoms with Gasteiger partial charge in [-0.1, -0.05) is 45.0 Å². The Kier molecular flexibility index (Phi) is 9.53. The van der Waals surface area contributed by atoms with Gasteiger partial charge >= 0.3 is 6.16 Å². The second kappa shape index (κ2) is 11.9. The number of hydrogen-bond donors (Lipinski definition) is 0. The van der Waals surface area contributed by atoms with E-state index in [0.717, 1.165) is 28.1 Å². The van der Waals surface area contributed by atoms with E-state index in [1.807, 2.05) is 37.6 Å². The molecule has 0 saturated carbocycles. The molecule has 0 amide bonds. The molecule has 0 radical (unpaired) electrons. The van der Waals surface area contributed by atoms with E-state index in [1.54, 1.807) is 13.3 Å². The van der Waals surface area contributed by atoms with Gasteiger partial charge in [-0.05, 0) is 37.3 Å². The number of benzene rings is 1. The van der Waals surface area contributed by atoms with Crippen molar-refractivity contribution in [3.8, 4) is 0 Å². The van der Waals surface area contributed by atoms with Gasteiger partial charge in [0.2, 0.25) is 6.79 Å². The van der Waals surface area contributed by atoms with Crippen LogP contribution in [0, 0.1) is 13.8 Å². The summed E-state index contributed by atoms with van der Waals surface area (Å²) in [5, 5.41) is 4.63. The zero-order valence-corrected chi connectivity index (χ0v) is 21.3. The molecule has 33 heavy (non-hydrogen) atoms. The number of allylic oxidation sites excluding steroid dienone is 1. The largest absolute Gasteiger partial charge is 0.511 e. The summed E-state index contributed by atoms with van der Waals surface area (Å²) in [5.74, 6) is 0.714. The number of hydrogen-bond acceptors (Lipinski definition) is 6. The van der Waals surface area contributed by atoms with Gasteiger partial charge in [0, 0.05) is 30.9 Å². The lowest BCUT2D eigenvalue weighted by Crippen LogP contribution is -2.14.